The van der Waals surface area contributed by atoms with Crippen LogP contribution in [0.15, 0.2) is 71.8 Å². The third kappa shape index (κ3) is 3.69. The van der Waals surface area contributed by atoms with E-state index in [4.69, 9.17) is 9.47 Å². The molecule has 4 unspecified atom stereocenters. The molecule has 1 saturated carbocycles. The maximum atomic E-state index is 13.9. The summed E-state index contributed by atoms with van der Waals surface area (Å²) in [6.45, 7) is -0.133. The van der Waals surface area contributed by atoms with Crippen molar-refractivity contribution < 1.29 is 38.2 Å². The van der Waals surface area contributed by atoms with Crippen molar-refractivity contribution in [3.05, 3.63) is 82.9 Å². The summed E-state index contributed by atoms with van der Waals surface area (Å²) in [6, 6.07) is 18.1. The first-order valence-electron chi connectivity index (χ1n) is 13.6. The second kappa shape index (κ2) is 9.22. The van der Waals surface area contributed by atoms with Crippen molar-refractivity contribution in [3.63, 3.8) is 0 Å². The molecule has 0 spiro atoms. The monoisotopic (exact) mass is 554 g/mol. The SMILES string of the molecule is O=C1NC(=O)C2C1C1C3=C(CC(C(=O)OCc4ccccc4)(C(=O)OCc4ccccc4)C3)C2C2C(=O)NC(=O)C21. The molecule has 2 aliphatic heterocycles. The van der Waals surface area contributed by atoms with Gasteiger partial charge in [-0.1, -0.05) is 71.8 Å². The Hall–Kier alpha value is -4.60. The normalized spacial score (nSPS) is 30.3. The highest BCUT2D eigenvalue weighted by atomic mass is 16.6. The highest BCUT2D eigenvalue weighted by Crippen LogP contribution is 2.66. The molecule has 6 aliphatic rings. The predicted molar refractivity (Wildman–Crippen MR) is 138 cm³/mol. The molecule has 10 nitrogen and oxygen atoms in total. The summed E-state index contributed by atoms with van der Waals surface area (Å²) in [6.07, 6.45) is -0.222. The molecule has 4 atom stereocenters. The van der Waals surface area contributed by atoms with Crippen molar-refractivity contribution in [1.29, 1.82) is 0 Å². The Bertz CT molecular complexity index is 1390. The van der Waals surface area contributed by atoms with Crippen LogP contribution in [0.5, 0.6) is 0 Å². The first-order chi connectivity index (χ1) is 19.8. The van der Waals surface area contributed by atoms with E-state index in [1.165, 1.54) is 0 Å². The van der Waals surface area contributed by atoms with Gasteiger partial charge in [0.1, 0.15) is 13.2 Å². The number of benzene rings is 2. The van der Waals surface area contributed by atoms with Gasteiger partial charge < -0.3 is 9.47 Å². The summed E-state index contributed by atoms with van der Waals surface area (Å²) in [4.78, 5) is 79.6. The quantitative estimate of drug-likeness (QED) is 0.237. The molecule has 0 aromatic heterocycles. The van der Waals surface area contributed by atoms with Gasteiger partial charge in [0.15, 0.2) is 5.41 Å². The largest absolute Gasteiger partial charge is 0.460 e. The van der Waals surface area contributed by atoms with Crippen molar-refractivity contribution in [2.24, 2.45) is 40.9 Å². The van der Waals surface area contributed by atoms with E-state index in [1.54, 1.807) is 24.3 Å². The Labute approximate surface area is 234 Å². The first kappa shape index (κ1) is 25.4. The van der Waals surface area contributed by atoms with E-state index in [1.807, 2.05) is 36.4 Å². The Morgan fingerprint density at radius 1 is 0.585 bits per heavy atom. The minimum atomic E-state index is -1.78. The first-order valence-corrected chi connectivity index (χ1v) is 13.6. The Morgan fingerprint density at radius 2 is 0.927 bits per heavy atom. The van der Waals surface area contributed by atoms with Crippen molar-refractivity contribution in [3.8, 4) is 0 Å². The third-order valence-corrected chi connectivity index (χ3v) is 9.43. The molecule has 208 valence electrons. The number of carbonyl (C=O) groups is 6. The van der Waals surface area contributed by atoms with Gasteiger partial charge in [-0.2, -0.15) is 0 Å². The zero-order valence-electron chi connectivity index (χ0n) is 21.8. The van der Waals surface area contributed by atoms with Crippen LogP contribution in [0.1, 0.15) is 24.0 Å². The number of amides is 4. The van der Waals surface area contributed by atoms with Gasteiger partial charge in [-0.25, -0.2) is 0 Å². The van der Waals surface area contributed by atoms with Gasteiger partial charge in [0, 0.05) is 11.8 Å². The van der Waals surface area contributed by atoms with Crippen LogP contribution in [0.25, 0.3) is 0 Å². The Balaban J connectivity index is 1.25. The minimum Gasteiger partial charge on any atom is -0.460 e. The number of hydrogen-bond acceptors (Lipinski definition) is 8. The van der Waals surface area contributed by atoms with E-state index in [9.17, 15) is 28.8 Å². The number of carbonyl (C=O) groups excluding carboxylic acids is 6. The third-order valence-electron chi connectivity index (χ3n) is 9.43. The molecule has 2 bridgehead atoms. The lowest BCUT2D eigenvalue weighted by Gasteiger charge is -2.49. The molecule has 41 heavy (non-hydrogen) atoms. The van der Waals surface area contributed by atoms with Crippen molar-refractivity contribution in [2.45, 2.75) is 26.1 Å². The summed E-state index contributed by atoms with van der Waals surface area (Å²) in [5.41, 5.74) is 0.915. The fraction of sp³-hybridized carbons (Fsp3) is 0.355. The van der Waals surface area contributed by atoms with Gasteiger partial charge in [-0.3, -0.25) is 39.4 Å². The van der Waals surface area contributed by atoms with E-state index in [0.717, 1.165) is 11.1 Å². The van der Waals surface area contributed by atoms with Crippen LogP contribution in [0.2, 0.25) is 0 Å². The molecule has 2 saturated heterocycles. The smallest absolute Gasteiger partial charge is 0.324 e. The van der Waals surface area contributed by atoms with Crippen LogP contribution in [0, 0.1) is 40.9 Å². The summed E-state index contributed by atoms with van der Waals surface area (Å²) in [5, 5.41) is 4.76. The molecule has 2 heterocycles. The number of rotatable bonds is 6. The predicted octanol–water partition coefficient (Wildman–Crippen LogP) is 1.59. The van der Waals surface area contributed by atoms with Crippen molar-refractivity contribution in [1.82, 2.24) is 10.6 Å². The Kier molecular flexibility index (Phi) is 5.71. The van der Waals surface area contributed by atoms with Gasteiger partial charge in [-0.05, 0) is 24.0 Å². The van der Waals surface area contributed by atoms with Crippen LogP contribution in [0.4, 0.5) is 0 Å². The highest BCUT2D eigenvalue weighted by Gasteiger charge is 2.72. The lowest BCUT2D eigenvalue weighted by molar-refractivity contribution is -0.173. The number of hydrogen-bond donors (Lipinski definition) is 2. The van der Waals surface area contributed by atoms with Crippen molar-refractivity contribution >= 4 is 35.6 Å². The van der Waals surface area contributed by atoms with Crippen LogP contribution < -0.4 is 10.6 Å². The van der Waals surface area contributed by atoms with E-state index < -0.39 is 76.5 Å². The number of ether oxygens (including phenoxy) is 2. The molecule has 4 aliphatic carbocycles. The summed E-state index contributed by atoms with van der Waals surface area (Å²) in [5.74, 6) is -8.51. The standard InChI is InChI=1S/C31H26N2O8/c34-25-21-19-17-11-31(29(38)40-13-15-7-3-1-4-8-15,30(39)41-14-16-9-5-2-6-10-16)12-18(17)20(23(21)27(36)32-25)24-22(19)26(35)33-28(24)37/h1-10,19-24H,11-14H2,(H,32,34,36)(H,33,35,37). The zero-order valence-corrected chi connectivity index (χ0v) is 21.8. The second-order valence-electron chi connectivity index (χ2n) is 11.5. The van der Waals surface area contributed by atoms with E-state index >= 15 is 0 Å². The topological polar surface area (TPSA) is 145 Å². The number of imide groups is 2. The second-order valence-corrected chi connectivity index (χ2v) is 11.5. The molecule has 8 rings (SSSR count). The van der Waals surface area contributed by atoms with Crippen LogP contribution in [-0.4, -0.2) is 35.6 Å². The van der Waals surface area contributed by atoms with E-state index in [2.05, 4.69) is 10.6 Å². The summed E-state index contributed by atoms with van der Waals surface area (Å²) >= 11 is 0. The minimum absolute atomic E-state index is 0.0663. The summed E-state index contributed by atoms with van der Waals surface area (Å²) in [7, 11) is 0. The molecule has 3 fully saturated rings. The van der Waals surface area contributed by atoms with Gasteiger partial charge >= 0.3 is 11.9 Å². The zero-order chi connectivity index (χ0) is 28.5. The molecule has 2 aromatic carbocycles. The van der Waals surface area contributed by atoms with Gasteiger partial charge in [0.2, 0.25) is 23.6 Å². The summed E-state index contributed by atoms with van der Waals surface area (Å²) < 4.78 is 11.4. The fourth-order valence-electron chi connectivity index (χ4n) is 7.79. The lowest BCUT2D eigenvalue weighted by Crippen LogP contribution is -2.53. The highest BCUT2D eigenvalue weighted by molar-refractivity contribution is 6.12. The Morgan fingerprint density at radius 3 is 1.27 bits per heavy atom. The maximum absolute atomic E-state index is 13.9. The maximum Gasteiger partial charge on any atom is 0.324 e. The molecule has 0 radical (unpaired) electrons. The van der Waals surface area contributed by atoms with Gasteiger partial charge in [-0.15, -0.1) is 0 Å². The average Bonchev–Trinajstić information content (AvgIpc) is 3.64. The molecule has 2 N–H and O–H groups in total. The average molecular weight is 555 g/mol. The number of esters is 2. The van der Waals surface area contributed by atoms with Crippen LogP contribution in [0.3, 0.4) is 0 Å². The van der Waals surface area contributed by atoms with E-state index in [0.29, 0.717) is 11.1 Å². The van der Waals surface area contributed by atoms with Crippen LogP contribution in [-0.2, 0) is 51.5 Å². The fourth-order valence-corrected chi connectivity index (χ4v) is 7.79. The number of nitrogens with one attached hydrogen (secondary N) is 2. The van der Waals surface area contributed by atoms with Crippen molar-refractivity contribution in [2.75, 3.05) is 0 Å². The molecule has 2 aromatic rings. The molecular weight excluding hydrogens is 528 g/mol. The van der Waals surface area contributed by atoms with Gasteiger partial charge in [0.25, 0.3) is 0 Å². The van der Waals surface area contributed by atoms with Crippen LogP contribution >= 0.6 is 0 Å². The lowest BCUT2D eigenvalue weighted by atomic mass is 9.50. The number of allylic oxidation sites excluding steroid dienone is 2. The molecular formula is C31H26N2O8. The van der Waals surface area contributed by atoms with E-state index in [-0.39, 0.29) is 26.1 Å². The molecule has 4 amide bonds. The van der Waals surface area contributed by atoms with Gasteiger partial charge in [0.05, 0.1) is 23.7 Å². The molecule has 10 heteroatoms.